The summed E-state index contributed by atoms with van der Waals surface area (Å²) in [5.74, 6) is 0.883. The Bertz CT molecular complexity index is 776. The zero-order valence-electron chi connectivity index (χ0n) is 14.6. The van der Waals surface area contributed by atoms with Crippen LogP contribution < -0.4 is 15.2 Å². The molecule has 1 aromatic heterocycles. The molecule has 7 heteroatoms. The molecule has 0 bridgehead atoms. The van der Waals surface area contributed by atoms with E-state index in [4.69, 9.17) is 4.74 Å². The second-order valence-corrected chi connectivity index (χ2v) is 7.03. The number of nitrogens with zero attached hydrogens (tertiary/aromatic N) is 4. The summed E-state index contributed by atoms with van der Waals surface area (Å²) < 4.78 is 7.15. The number of halogens is 1. The molecule has 1 aliphatic heterocycles. The first kappa shape index (κ1) is 17.9. The van der Waals surface area contributed by atoms with Crippen LogP contribution in [0.25, 0.3) is 0 Å². The molecule has 2 aromatic rings. The molecule has 1 saturated heterocycles. The van der Waals surface area contributed by atoms with Crippen molar-refractivity contribution in [2.24, 2.45) is 7.05 Å². The van der Waals surface area contributed by atoms with Gasteiger partial charge in [-0.25, -0.2) is 4.68 Å². The molecule has 134 valence electrons. The molecule has 1 aliphatic rings. The molecule has 0 aliphatic carbocycles. The van der Waals surface area contributed by atoms with E-state index in [1.807, 2.05) is 12.1 Å². The van der Waals surface area contributed by atoms with Crippen molar-refractivity contribution in [3.63, 3.8) is 0 Å². The zero-order chi connectivity index (χ0) is 17.8. The minimum atomic E-state index is -0.100. The molecule has 0 unspecified atom stereocenters. The van der Waals surface area contributed by atoms with Crippen molar-refractivity contribution in [3.8, 4) is 5.75 Å². The van der Waals surface area contributed by atoms with E-state index in [1.54, 1.807) is 20.4 Å². The predicted octanol–water partition coefficient (Wildman–Crippen LogP) is 2.26. The van der Waals surface area contributed by atoms with Crippen molar-refractivity contribution in [2.45, 2.75) is 13.0 Å². The van der Waals surface area contributed by atoms with E-state index in [1.165, 1.54) is 10.2 Å². The third kappa shape index (κ3) is 4.22. The molecule has 0 amide bonds. The van der Waals surface area contributed by atoms with Crippen LogP contribution in [-0.2, 0) is 13.6 Å². The maximum absolute atomic E-state index is 12.1. The lowest BCUT2D eigenvalue weighted by Gasteiger charge is -2.24. The lowest BCUT2D eigenvalue weighted by molar-refractivity contribution is 0.285. The van der Waals surface area contributed by atoms with Gasteiger partial charge < -0.3 is 9.64 Å². The van der Waals surface area contributed by atoms with Gasteiger partial charge in [-0.15, -0.1) is 0 Å². The predicted molar refractivity (Wildman–Crippen MR) is 102 cm³/mol. The first-order chi connectivity index (χ1) is 12.1. The highest BCUT2D eigenvalue weighted by molar-refractivity contribution is 9.10. The van der Waals surface area contributed by atoms with Crippen LogP contribution in [0, 0.1) is 0 Å². The number of aryl methyl sites for hydroxylation is 1. The lowest BCUT2D eigenvalue weighted by atomic mass is 10.2. The molecule has 1 aromatic carbocycles. The van der Waals surface area contributed by atoms with Crippen molar-refractivity contribution in [1.29, 1.82) is 0 Å². The maximum atomic E-state index is 12.1. The van der Waals surface area contributed by atoms with E-state index in [0.29, 0.717) is 4.47 Å². The fourth-order valence-electron chi connectivity index (χ4n) is 3.08. The molecule has 0 radical (unpaired) electrons. The highest BCUT2D eigenvalue weighted by atomic mass is 79.9. The lowest BCUT2D eigenvalue weighted by Crippen LogP contribution is -2.32. The van der Waals surface area contributed by atoms with Crippen molar-refractivity contribution >= 4 is 21.6 Å². The number of methoxy groups -OCH3 is 1. The average molecular weight is 407 g/mol. The average Bonchev–Trinajstić information content (AvgIpc) is 2.86. The van der Waals surface area contributed by atoms with E-state index >= 15 is 0 Å². The number of hydrogen-bond acceptors (Lipinski definition) is 5. The minimum Gasteiger partial charge on any atom is -0.497 e. The highest BCUT2D eigenvalue weighted by Gasteiger charge is 2.19. The third-order valence-electron chi connectivity index (χ3n) is 4.55. The van der Waals surface area contributed by atoms with Gasteiger partial charge in [-0.3, -0.25) is 9.69 Å². The Morgan fingerprint density at radius 3 is 2.64 bits per heavy atom. The van der Waals surface area contributed by atoms with Crippen molar-refractivity contribution in [1.82, 2.24) is 14.7 Å². The summed E-state index contributed by atoms with van der Waals surface area (Å²) in [4.78, 5) is 16.8. The molecule has 2 heterocycles. The summed E-state index contributed by atoms with van der Waals surface area (Å²) in [6.07, 6.45) is 2.82. The zero-order valence-corrected chi connectivity index (χ0v) is 16.2. The topological polar surface area (TPSA) is 50.6 Å². The quantitative estimate of drug-likeness (QED) is 0.779. The maximum Gasteiger partial charge on any atom is 0.282 e. The van der Waals surface area contributed by atoms with E-state index in [0.717, 1.165) is 50.6 Å². The molecule has 6 nitrogen and oxygen atoms in total. The number of rotatable bonds is 4. The largest absolute Gasteiger partial charge is 0.497 e. The summed E-state index contributed by atoms with van der Waals surface area (Å²) >= 11 is 3.43. The van der Waals surface area contributed by atoms with Gasteiger partial charge >= 0.3 is 0 Å². The molecule has 0 saturated carbocycles. The molecule has 3 rings (SSSR count). The van der Waals surface area contributed by atoms with Gasteiger partial charge in [-0.1, -0.05) is 12.1 Å². The van der Waals surface area contributed by atoms with Gasteiger partial charge in [0.1, 0.15) is 10.2 Å². The minimum absolute atomic E-state index is 0.100. The Balaban J connectivity index is 1.66. The van der Waals surface area contributed by atoms with Gasteiger partial charge in [0.15, 0.2) is 0 Å². The number of ether oxygens (including phenoxy) is 1. The summed E-state index contributed by atoms with van der Waals surface area (Å²) in [6, 6.07) is 8.23. The standard InChI is InChI=1S/C18H23BrN4O2/c1-21-18(24)17(19)16(12-20-21)23-9-3-8-22(10-11-23)13-14-4-6-15(25-2)7-5-14/h4-7,12H,3,8-11,13H2,1-2H3. The van der Waals surface area contributed by atoms with Crippen LogP contribution in [0.5, 0.6) is 5.75 Å². The number of anilines is 1. The van der Waals surface area contributed by atoms with E-state index in [9.17, 15) is 4.79 Å². The fraction of sp³-hybridized carbons (Fsp3) is 0.444. The summed E-state index contributed by atoms with van der Waals surface area (Å²) in [5, 5.41) is 4.16. The van der Waals surface area contributed by atoms with Gasteiger partial charge in [0, 0.05) is 39.8 Å². The first-order valence-electron chi connectivity index (χ1n) is 8.40. The second-order valence-electron chi connectivity index (χ2n) is 6.24. The molecular formula is C18H23BrN4O2. The Kier molecular flexibility index (Phi) is 5.75. The van der Waals surface area contributed by atoms with Crippen LogP contribution in [0.15, 0.2) is 39.7 Å². The van der Waals surface area contributed by atoms with Crippen LogP contribution >= 0.6 is 15.9 Å². The van der Waals surface area contributed by atoms with Crippen molar-refractivity contribution in [3.05, 3.63) is 50.9 Å². The van der Waals surface area contributed by atoms with Crippen LogP contribution in [0.1, 0.15) is 12.0 Å². The molecule has 0 N–H and O–H groups in total. The van der Waals surface area contributed by atoms with Crippen LogP contribution in [0.2, 0.25) is 0 Å². The van der Waals surface area contributed by atoms with Gasteiger partial charge in [0.05, 0.1) is 19.0 Å². The van der Waals surface area contributed by atoms with Crippen molar-refractivity contribution < 1.29 is 4.74 Å². The SMILES string of the molecule is COc1ccc(CN2CCCN(c3cnn(C)c(=O)c3Br)CC2)cc1. The van der Waals surface area contributed by atoms with Crippen LogP contribution in [0.4, 0.5) is 5.69 Å². The van der Waals surface area contributed by atoms with Crippen molar-refractivity contribution in [2.75, 3.05) is 38.2 Å². The fourth-order valence-corrected chi connectivity index (χ4v) is 3.69. The Morgan fingerprint density at radius 2 is 1.92 bits per heavy atom. The molecule has 0 spiro atoms. The smallest absolute Gasteiger partial charge is 0.282 e. The Labute approximate surface area is 156 Å². The highest BCUT2D eigenvalue weighted by Crippen LogP contribution is 2.23. The third-order valence-corrected chi connectivity index (χ3v) is 5.30. The number of benzene rings is 1. The Hall–Kier alpha value is -1.86. The number of aromatic nitrogens is 2. The molecule has 25 heavy (non-hydrogen) atoms. The molecule has 1 fully saturated rings. The van der Waals surface area contributed by atoms with Crippen LogP contribution in [0.3, 0.4) is 0 Å². The van der Waals surface area contributed by atoms with Gasteiger partial charge in [-0.2, -0.15) is 5.10 Å². The van der Waals surface area contributed by atoms with E-state index < -0.39 is 0 Å². The first-order valence-corrected chi connectivity index (χ1v) is 9.20. The second kappa shape index (κ2) is 8.01. The van der Waals surface area contributed by atoms with Gasteiger partial charge in [0.2, 0.25) is 0 Å². The Morgan fingerprint density at radius 1 is 1.16 bits per heavy atom. The summed E-state index contributed by atoms with van der Waals surface area (Å²) in [6.45, 7) is 4.72. The van der Waals surface area contributed by atoms with Crippen LogP contribution in [-0.4, -0.2) is 48.0 Å². The summed E-state index contributed by atoms with van der Waals surface area (Å²) in [5.41, 5.74) is 2.07. The molecule has 0 atom stereocenters. The number of hydrogen-bond donors (Lipinski definition) is 0. The monoisotopic (exact) mass is 406 g/mol. The van der Waals surface area contributed by atoms with Gasteiger partial charge in [-0.05, 0) is 40.0 Å². The van der Waals surface area contributed by atoms with E-state index in [-0.39, 0.29) is 5.56 Å². The normalized spacial score (nSPS) is 15.9. The molecular weight excluding hydrogens is 384 g/mol. The van der Waals surface area contributed by atoms with Gasteiger partial charge in [0.25, 0.3) is 5.56 Å². The summed E-state index contributed by atoms with van der Waals surface area (Å²) in [7, 11) is 3.35. The van der Waals surface area contributed by atoms with E-state index in [2.05, 4.69) is 43.0 Å².